The first-order chi connectivity index (χ1) is 12.1. The van der Waals surface area contributed by atoms with E-state index in [-0.39, 0.29) is 22.7 Å². The number of aromatic nitrogens is 2. The molecule has 1 aromatic carbocycles. The van der Waals surface area contributed by atoms with E-state index in [1.165, 1.54) is 11.3 Å². The summed E-state index contributed by atoms with van der Waals surface area (Å²) >= 11 is 1.19. The zero-order valence-electron chi connectivity index (χ0n) is 14.6. The molecule has 2 aromatic rings. The maximum Gasteiger partial charge on any atom is 0.286 e. The van der Waals surface area contributed by atoms with Gasteiger partial charge in [0.1, 0.15) is 5.01 Å². The number of carbonyl (C=O) groups excluding carboxylic acids is 2. The minimum absolute atomic E-state index is 0.0452. The SMILES string of the molecule is CCCC(CCC)C(=O)NCc1nnc(C(=O)Nc2ccccc2)s1. The van der Waals surface area contributed by atoms with Crippen LogP contribution in [0.25, 0.3) is 0 Å². The van der Waals surface area contributed by atoms with Gasteiger partial charge in [-0.2, -0.15) is 0 Å². The lowest BCUT2D eigenvalue weighted by molar-refractivity contribution is -0.125. The minimum atomic E-state index is -0.295. The van der Waals surface area contributed by atoms with Crippen LogP contribution in [0.2, 0.25) is 0 Å². The van der Waals surface area contributed by atoms with Crippen molar-refractivity contribution in [1.82, 2.24) is 15.5 Å². The third kappa shape index (κ3) is 5.94. The highest BCUT2D eigenvalue weighted by Crippen LogP contribution is 2.15. The lowest BCUT2D eigenvalue weighted by Crippen LogP contribution is -2.30. The fourth-order valence-corrected chi connectivity index (χ4v) is 3.21. The predicted octanol–water partition coefficient (Wildman–Crippen LogP) is 3.62. The van der Waals surface area contributed by atoms with Gasteiger partial charge in [0.15, 0.2) is 0 Å². The van der Waals surface area contributed by atoms with Gasteiger partial charge in [-0.1, -0.05) is 56.2 Å². The van der Waals surface area contributed by atoms with Crippen LogP contribution >= 0.6 is 11.3 Å². The zero-order chi connectivity index (χ0) is 18.1. The highest BCUT2D eigenvalue weighted by atomic mass is 32.1. The van der Waals surface area contributed by atoms with Gasteiger partial charge in [-0.25, -0.2) is 0 Å². The van der Waals surface area contributed by atoms with Gasteiger partial charge in [-0.05, 0) is 25.0 Å². The van der Waals surface area contributed by atoms with E-state index in [1.807, 2.05) is 30.3 Å². The number of amides is 2. The summed E-state index contributed by atoms with van der Waals surface area (Å²) in [6.45, 7) is 4.47. The quantitative estimate of drug-likeness (QED) is 0.715. The second-order valence-electron chi connectivity index (χ2n) is 5.81. The molecule has 0 saturated heterocycles. The van der Waals surface area contributed by atoms with Crippen molar-refractivity contribution in [1.29, 1.82) is 0 Å². The fourth-order valence-electron chi connectivity index (χ4n) is 2.53. The Morgan fingerprint density at radius 1 is 1.08 bits per heavy atom. The van der Waals surface area contributed by atoms with E-state index in [1.54, 1.807) is 0 Å². The number of nitrogens with one attached hydrogen (secondary N) is 2. The molecular weight excluding hydrogens is 336 g/mol. The van der Waals surface area contributed by atoms with E-state index in [4.69, 9.17) is 0 Å². The van der Waals surface area contributed by atoms with Crippen LogP contribution in [-0.4, -0.2) is 22.0 Å². The van der Waals surface area contributed by atoms with Gasteiger partial charge in [0.2, 0.25) is 10.9 Å². The van der Waals surface area contributed by atoms with Crippen molar-refractivity contribution in [2.45, 2.75) is 46.1 Å². The normalized spacial score (nSPS) is 10.7. The molecule has 25 heavy (non-hydrogen) atoms. The molecule has 2 amide bonds. The highest BCUT2D eigenvalue weighted by Gasteiger charge is 2.18. The number of hydrogen-bond acceptors (Lipinski definition) is 5. The van der Waals surface area contributed by atoms with Crippen LogP contribution in [0.3, 0.4) is 0 Å². The second-order valence-corrected chi connectivity index (χ2v) is 6.88. The van der Waals surface area contributed by atoms with Crippen LogP contribution < -0.4 is 10.6 Å². The monoisotopic (exact) mass is 360 g/mol. The van der Waals surface area contributed by atoms with Crippen LogP contribution in [0.15, 0.2) is 30.3 Å². The molecule has 0 aliphatic heterocycles. The molecule has 0 unspecified atom stereocenters. The smallest absolute Gasteiger partial charge is 0.286 e. The Kier molecular flexibility index (Phi) is 7.53. The molecule has 7 heteroatoms. The molecule has 0 atom stereocenters. The van der Waals surface area contributed by atoms with E-state index in [9.17, 15) is 9.59 Å². The van der Waals surface area contributed by atoms with Crippen molar-refractivity contribution in [3.63, 3.8) is 0 Å². The Hall–Kier alpha value is -2.28. The third-order valence-electron chi connectivity index (χ3n) is 3.75. The second kappa shape index (κ2) is 9.88. The summed E-state index contributed by atoms with van der Waals surface area (Å²) in [5.74, 6) is -0.200. The van der Waals surface area contributed by atoms with Crippen molar-refractivity contribution in [3.05, 3.63) is 40.3 Å². The molecule has 0 aliphatic carbocycles. The van der Waals surface area contributed by atoms with Crippen LogP contribution in [0.1, 0.15) is 54.3 Å². The molecule has 2 rings (SSSR count). The molecule has 6 nitrogen and oxygen atoms in total. The molecule has 134 valence electrons. The first-order valence-corrected chi connectivity index (χ1v) is 9.42. The molecule has 0 fully saturated rings. The molecule has 0 radical (unpaired) electrons. The van der Waals surface area contributed by atoms with Crippen LogP contribution in [0, 0.1) is 5.92 Å². The summed E-state index contributed by atoms with van der Waals surface area (Å²) < 4.78 is 0. The average Bonchev–Trinajstić information content (AvgIpc) is 3.09. The van der Waals surface area contributed by atoms with Crippen molar-refractivity contribution < 1.29 is 9.59 Å². The standard InChI is InChI=1S/C18H24N4O2S/c1-3-8-13(9-4-2)16(23)19-12-15-21-22-18(25-15)17(24)20-14-10-6-5-7-11-14/h5-7,10-11,13H,3-4,8-9,12H2,1-2H3,(H,19,23)(H,20,24). The Bertz CT molecular complexity index is 681. The van der Waals surface area contributed by atoms with Crippen molar-refractivity contribution >= 4 is 28.8 Å². The van der Waals surface area contributed by atoms with Gasteiger partial charge in [0, 0.05) is 11.6 Å². The average molecular weight is 360 g/mol. The van der Waals surface area contributed by atoms with Crippen molar-refractivity contribution in [2.24, 2.45) is 5.92 Å². The Balaban J connectivity index is 1.88. The molecule has 0 saturated carbocycles. The minimum Gasteiger partial charge on any atom is -0.349 e. The summed E-state index contributed by atoms with van der Waals surface area (Å²) in [5, 5.41) is 14.5. The van der Waals surface area contributed by atoms with Gasteiger partial charge in [-0.3, -0.25) is 9.59 Å². The molecule has 2 N–H and O–H groups in total. The Morgan fingerprint density at radius 2 is 1.76 bits per heavy atom. The number of carbonyl (C=O) groups is 2. The fraction of sp³-hybridized carbons (Fsp3) is 0.444. The van der Waals surface area contributed by atoms with Crippen LogP contribution in [0.4, 0.5) is 5.69 Å². The molecule has 1 aromatic heterocycles. The highest BCUT2D eigenvalue weighted by molar-refractivity contribution is 7.13. The maximum absolute atomic E-state index is 12.2. The summed E-state index contributed by atoms with van der Waals surface area (Å²) in [4.78, 5) is 24.4. The Morgan fingerprint density at radius 3 is 2.40 bits per heavy atom. The van der Waals surface area contributed by atoms with Gasteiger partial charge in [0.25, 0.3) is 5.91 Å². The summed E-state index contributed by atoms with van der Waals surface area (Å²) in [5.41, 5.74) is 0.708. The van der Waals surface area contributed by atoms with Crippen molar-refractivity contribution in [2.75, 3.05) is 5.32 Å². The van der Waals surface area contributed by atoms with Crippen LogP contribution in [-0.2, 0) is 11.3 Å². The number of para-hydroxylation sites is 1. The summed E-state index contributed by atoms with van der Waals surface area (Å²) in [6.07, 6.45) is 3.75. The van der Waals surface area contributed by atoms with Gasteiger partial charge >= 0.3 is 0 Å². The first-order valence-electron chi connectivity index (χ1n) is 8.60. The summed E-state index contributed by atoms with van der Waals surface area (Å²) in [7, 11) is 0. The lowest BCUT2D eigenvalue weighted by atomic mass is 9.97. The number of hydrogen-bond donors (Lipinski definition) is 2. The largest absolute Gasteiger partial charge is 0.349 e. The number of rotatable bonds is 9. The van der Waals surface area contributed by atoms with E-state index < -0.39 is 0 Å². The molecule has 0 aliphatic rings. The predicted molar refractivity (Wildman–Crippen MR) is 99.5 cm³/mol. The maximum atomic E-state index is 12.2. The number of benzene rings is 1. The van der Waals surface area contributed by atoms with Crippen molar-refractivity contribution in [3.8, 4) is 0 Å². The molecular formula is C18H24N4O2S. The Labute approximate surface area is 152 Å². The number of anilines is 1. The van der Waals surface area contributed by atoms with E-state index >= 15 is 0 Å². The molecule has 0 spiro atoms. The van der Waals surface area contributed by atoms with E-state index in [0.29, 0.717) is 17.2 Å². The van der Waals surface area contributed by atoms with Crippen LogP contribution in [0.5, 0.6) is 0 Å². The number of nitrogens with zero attached hydrogens (tertiary/aromatic N) is 2. The molecule has 1 heterocycles. The zero-order valence-corrected chi connectivity index (χ0v) is 15.4. The topological polar surface area (TPSA) is 84.0 Å². The lowest BCUT2D eigenvalue weighted by Gasteiger charge is -2.14. The van der Waals surface area contributed by atoms with E-state index in [2.05, 4.69) is 34.7 Å². The summed E-state index contributed by atoms with van der Waals surface area (Å²) in [6, 6.07) is 9.19. The van der Waals surface area contributed by atoms with E-state index in [0.717, 1.165) is 25.7 Å². The van der Waals surface area contributed by atoms with Gasteiger partial charge in [0.05, 0.1) is 6.54 Å². The van der Waals surface area contributed by atoms with Gasteiger partial charge < -0.3 is 10.6 Å². The first kappa shape index (κ1) is 19.1. The third-order valence-corrected chi connectivity index (χ3v) is 4.67. The molecule has 0 bridgehead atoms. The van der Waals surface area contributed by atoms with Gasteiger partial charge in [-0.15, -0.1) is 10.2 Å².